The first-order valence-electron chi connectivity index (χ1n) is 14.1. The third-order valence-corrected chi connectivity index (χ3v) is 7.55. The van der Waals surface area contributed by atoms with E-state index in [1.807, 2.05) is 66.7 Å². The van der Waals surface area contributed by atoms with Gasteiger partial charge in [-0.05, 0) is 47.9 Å². The van der Waals surface area contributed by atoms with Gasteiger partial charge in [0.15, 0.2) is 5.75 Å². The molecule has 0 radical (unpaired) electrons. The highest BCUT2D eigenvalue weighted by atomic mass is 19.1. The standard InChI is InChI=1S/C35H30FN3O4/c1-3-42-35(41)38(2)31-27-15-10-20-37-30(27)33(43-32(24-11-6-4-7-12-24)25-13-8-5-9-14-25)29-28(31)22-39(34(29)40)21-23-16-18-26(36)19-17-23/h4-20,32H,3,21-22H2,1-2H3. The van der Waals surface area contributed by atoms with E-state index in [1.54, 1.807) is 43.3 Å². The number of carbonyl (C=O) groups excluding carboxylic acids is 2. The minimum absolute atomic E-state index is 0.203. The Morgan fingerprint density at radius 2 is 1.60 bits per heavy atom. The molecule has 0 atom stereocenters. The summed E-state index contributed by atoms with van der Waals surface area (Å²) >= 11 is 0. The van der Waals surface area contributed by atoms with E-state index in [4.69, 9.17) is 9.47 Å². The minimum atomic E-state index is -0.542. The summed E-state index contributed by atoms with van der Waals surface area (Å²) in [5, 5.41) is 0.656. The van der Waals surface area contributed by atoms with Crippen LogP contribution in [0.4, 0.5) is 14.9 Å². The van der Waals surface area contributed by atoms with Gasteiger partial charge in [-0.2, -0.15) is 0 Å². The summed E-state index contributed by atoms with van der Waals surface area (Å²) in [7, 11) is 1.63. The van der Waals surface area contributed by atoms with Crippen LogP contribution in [0.1, 0.15) is 45.6 Å². The fourth-order valence-corrected chi connectivity index (χ4v) is 5.56. The Bertz CT molecular complexity index is 1740. The van der Waals surface area contributed by atoms with Crippen molar-refractivity contribution in [2.45, 2.75) is 26.1 Å². The maximum absolute atomic E-state index is 14.3. The monoisotopic (exact) mass is 575 g/mol. The molecular weight excluding hydrogens is 545 g/mol. The first kappa shape index (κ1) is 27.9. The number of anilines is 1. The molecule has 0 bridgehead atoms. The number of amides is 2. The van der Waals surface area contributed by atoms with Gasteiger partial charge in [0.2, 0.25) is 0 Å². The summed E-state index contributed by atoms with van der Waals surface area (Å²) in [6.07, 6.45) is 0.564. The van der Waals surface area contributed by atoms with E-state index in [9.17, 15) is 14.0 Å². The molecule has 0 N–H and O–H groups in total. The van der Waals surface area contributed by atoms with Crippen LogP contribution < -0.4 is 9.64 Å². The van der Waals surface area contributed by atoms with E-state index in [2.05, 4.69) is 4.98 Å². The number of halogens is 1. The number of pyridine rings is 1. The summed E-state index contributed by atoms with van der Waals surface area (Å²) in [5.41, 5.74) is 4.57. The predicted molar refractivity (Wildman–Crippen MR) is 163 cm³/mol. The van der Waals surface area contributed by atoms with Gasteiger partial charge in [-0.25, -0.2) is 9.18 Å². The van der Waals surface area contributed by atoms with Gasteiger partial charge in [0.05, 0.1) is 17.9 Å². The first-order valence-corrected chi connectivity index (χ1v) is 14.1. The van der Waals surface area contributed by atoms with Crippen LogP contribution in [0.3, 0.4) is 0 Å². The maximum atomic E-state index is 14.3. The van der Waals surface area contributed by atoms with E-state index in [-0.39, 0.29) is 31.4 Å². The van der Waals surface area contributed by atoms with Crippen molar-refractivity contribution in [3.05, 3.63) is 137 Å². The van der Waals surface area contributed by atoms with Crippen LogP contribution in [0.15, 0.2) is 103 Å². The van der Waals surface area contributed by atoms with Gasteiger partial charge in [0.1, 0.15) is 17.4 Å². The molecule has 1 aromatic heterocycles. The highest BCUT2D eigenvalue weighted by Crippen LogP contribution is 2.46. The van der Waals surface area contributed by atoms with Crippen LogP contribution in [-0.2, 0) is 17.8 Å². The molecule has 1 aliphatic heterocycles. The molecule has 43 heavy (non-hydrogen) atoms. The Morgan fingerprint density at radius 1 is 0.953 bits per heavy atom. The average Bonchev–Trinajstić information content (AvgIpc) is 3.36. The summed E-state index contributed by atoms with van der Waals surface area (Å²) in [4.78, 5) is 35.1. The van der Waals surface area contributed by atoms with Gasteiger partial charge in [-0.1, -0.05) is 72.8 Å². The second kappa shape index (κ2) is 11.9. The van der Waals surface area contributed by atoms with E-state index in [0.29, 0.717) is 33.5 Å². The minimum Gasteiger partial charge on any atom is -0.478 e. The highest BCUT2D eigenvalue weighted by Gasteiger charge is 2.38. The van der Waals surface area contributed by atoms with Gasteiger partial charge in [-0.15, -0.1) is 0 Å². The second-order valence-electron chi connectivity index (χ2n) is 10.3. The molecule has 0 spiro atoms. The summed E-state index contributed by atoms with van der Waals surface area (Å²) in [5.74, 6) is -0.268. The van der Waals surface area contributed by atoms with E-state index in [1.165, 1.54) is 17.0 Å². The Labute approximate surface area is 249 Å². The number of hydrogen-bond acceptors (Lipinski definition) is 5. The van der Waals surface area contributed by atoms with E-state index >= 15 is 0 Å². The predicted octanol–water partition coefficient (Wildman–Crippen LogP) is 7.29. The van der Waals surface area contributed by atoms with Crippen molar-refractivity contribution < 1.29 is 23.5 Å². The van der Waals surface area contributed by atoms with Crippen LogP contribution in [0.5, 0.6) is 5.75 Å². The van der Waals surface area contributed by atoms with Crippen LogP contribution in [0.25, 0.3) is 10.9 Å². The van der Waals surface area contributed by atoms with Crippen molar-refractivity contribution >= 4 is 28.6 Å². The Balaban J connectivity index is 1.55. The largest absolute Gasteiger partial charge is 0.478 e. The summed E-state index contributed by atoms with van der Waals surface area (Å²) < 4.78 is 25.8. The van der Waals surface area contributed by atoms with Crippen LogP contribution in [0.2, 0.25) is 0 Å². The number of rotatable bonds is 8. The molecule has 0 saturated carbocycles. The van der Waals surface area contributed by atoms with Crippen molar-refractivity contribution in [1.82, 2.24) is 9.88 Å². The van der Waals surface area contributed by atoms with Crippen LogP contribution in [-0.4, -0.2) is 35.5 Å². The SMILES string of the molecule is CCOC(=O)N(C)c1c2c(c(OC(c3ccccc3)c3ccccc3)c3ncccc13)C(=O)N(Cc1ccc(F)cc1)C2. The lowest BCUT2D eigenvalue weighted by atomic mass is 9.98. The molecule has 0 saturated heterocycles. The molecule has 8 heteroatoms. The molecule has 4 aromatic carbocycles. The Morgan fingerprint density at radius 3 is 2.23 bits per heavy atom. The first-order chi connectivity index (χ1) is 21.0. The van der Waals surface area contributed by atoms with Gasteiger partial charge >= 0.3 is 6.09 Å². The lowest BCUT2D eigenvalue weighted by Crippen LogP contribution is -2.28. The molecule has 0 unspecified atom stereocenters. The molecule has 216 valence electrons. The number of fused-ring (bicyclic) bond motifs is 2. The molecule has 0 aliphatic carbocycles. The normalized spacial score (nSPS) is 12.5. The number of carbonyl (C=O) groups is 2. The fourth-order valence-electron chi connectivity index (χ4n) is 5.56. The fraction of sp³-hybridized carbons (Fsp3) is 0.171. The molecule has 2 amide bonds. The molecule has 1 aliphatic rings. The number of benzene rings is 4. The second-order valence-corrected chi connectivity index (χ2v) is 10.3. The zero-order valence-electron chi connectivity index (χ0n) is 23.9. The van der Waals surface area contributed by atoms with Gasteiger partial charge in [-0.3, -0.25) is 14.7 Å². The number of nitrogens with zero attached hydrogens (tertiary/aromatic N) is 3. The van der Waals surface area contributed by atoms with Crippen molar-refractivity contribution in [2.75, 3.05) is 18.6 Å². The summed E-state index contributed by atoms with van der Waals surface area (Å²) in [6.45, 7) is 2.41. The van der Waals surface area contributed by atoms with E-state index < -0.39 is 12.2 Å². The van der Waals surface area contributed by atoms with Crippen molar-refractivity contribution in [3.8, 4) is 5.75 Å². The van der Waals surface area contributed by atoms with Gasteiger partial charge in [0, 0.05) is 37.3 Å². The Kier molecular flexibility index (Phi) is 7.75. The molecule has 0 fully saturated rings. The van der Waals surface area contributed by atoms with Crippen molar-refractivity contribution in [1.29, 1.82) is 0 Å². The van der Waals surface area contributed by atoms with Crippen molar-refractivity contribution in [3.63, 3.8) is 0 Å². The van der Waals surface area contributed by atoms with Crippen molar-refractivity contribution in [2.24, 2.45) is 0 Å². The third kappa shape index (κ3) is 5.39. The number of ether oxygens (including phenoxy) is 2. The molecular formula is C35H30FN3O4. The maximum Gasteiger partial charge on any atom is 0.414 e. The van der Waals surface area contributed by atoms with Crippen LogP contribution in [0, 0.1) is 5.82 Å². The lowest BCUT2D eigenvalue weighted by Gasteiger charge is -2.25. The van der Waals surface area contributed by atoms with Gasteiger partial charge in [0.25, 0.3) is 5.91 Å². The highest BCUT2D eigenvalue weighted by molar-refractivity contribution is 6.13. The average molecular weight is 576 g/mol. The molecule has 5 aromatic rings. The smallest absolute Gasteiger partial charge is 0.414 e. The molecule has 7 nitrogen and oxygen atoms in total. The molecule has 6 rings (SSSR count). The number of aromatic nitrogens is 1. The zero-order chi connectivity index (χ0) is 29.9. The number of hydrogen-bond donors (Lipinski definition) is 0. The van der Waals surface area contributed by atoms with E-state index in [0.717, 1.165) is 16.7 Å². The third-order valence-electron chi connectivity index (χ3n) is 7.55. The quantitative estimate of drug-likeness (QED) is 0.194. The topological polar surface area (TPSA) is 72.0 Å². The summed E-state index contributed by atoms with van der Waals surface area (Å²) in [6, 6.07) is 29.3. The zero-order valence-corrected chi connectivity index (χ0v) is 23.9. The Hall–Kier alpha value is -5.24. The molecule has 2 heterocycles. The van der Waals surface area contributed by atoms with Gasteiger partial charge < -0.3 is 14.4 Å². The van der Waals surface area contributed by atoms with Crippen LogP contribution >= 0.6 is 0 Å². The lowest BCUT2D eigenvalue weighted by molar-refractivity contribution is 0.0762.